The summed E-state index contributed by atoms with van der Waals surface area (Å²) < 4.78 is 1.31. The van der Waals surface area contributed by atoms with Crippen LogP contribution in [0.15, 0.2) is 23.1 Å². The number of hydrogen-bond acceptors (Lipinski definition) is 3. The van der Waals surface area contributed by atoms with Crippen LogP contribution in [-0.4, -0.2) is 11.4 Å². The third kappa shape index (κ3) is 1.56. The monoisotopic (exact) mass is 224 g/mol. The van der Waals surface area contributed by atoms with E-state index in [-0.39, 0.29) is 6.61 Å². The van der Waals surface area contributed by atoms with Crippen molar-refractivity contribution in [1.82, 2.24) is 0 Å². The van der Waals surface area contributed by atoms with Gasteiger partial charge in [0.1, 0.15) is 0 Å². The van der Waals surface area contributed by atoms with Gasteiger partial charge in [0.25, 0.3) is 0 Å². The van der Waals surface area contributed by atoms with Gasteiger partial charge in [-0.3, -0.25) is 0 Å². The molecule has 1 heterocycles. The minimum atomic E-state index is 0.145. The van der Waals surface area contributed by atoms with Gasteiger partial charge in [0.15, 0.2) is 0 Å². The van der Waals surface area contributed by atoms with Crippen LogP contribution in [0.2, 0.25) is 0 Å². The molecule has 1 N–H and O–H groups in total. The van der Waals surface area contributed by atoms with E-state index in [1.807, 2.05) is 0 Å². The van der Waals surface area contributed by atoms with Gasteiger partial charge in [0, 0.05) is 14.5 Å². The molecule has 0 unspecified atom stereocenters. The van der Waals surface area contributed by atoms with Crippen LogP contribution in [0.25, 0.3) is 10.1 Å². The zero-order chi connectivity index (χ0) is 10.1. The second-order valence-corrected chi connectivity index (χ2v) is 5.18. The highest BCUT2D eigenvalue weighted by atomic mass is 32.2. The van der Waals surface area contributed by atoms with Crippen LogP contribution in [0, 0.1) is 6.92 Å². The molecule has 0 amide bonds. The first-order chi connectivity index (χ1) is 6.76. The lowest BCUT2D eigenvalue weighted by molar-refractivity contribution is 0.285. The number of rotatable bonds is 2. The number of aliphatic hydroxyl groups excluding tert-OH is 1. The molecule has 3 heteroatoms. The van der Waals surface area contributed by atoms with Crippen molar-refractivity contribution < 1.29 is 5.11 Å². The van der Waals surface area contributed by atoms with Gasteiger partial charge in [0.05, 0.1) is 6.61 Å². The zero-order valence-electron chi connectivity index (χ0n) is 8.20. The van der Waals surface area contributed by atoms with Crippen molar-refractivity contribution in [2.75, 3.05) is 6.26 Å². The average Bonchev–Trinajstić information content (AvgIpc) is 2.63. The highest BCUT2D eigenvalue weighted by Crippen LogP contribution is 2.35. The molecule has 1 aromatic carbocycles. The van der Waals surface area contributed by atoms with Crippen molar-refractivity contribution in [1.29, 1.82) is 0 Å². The summed E-state index contributed by atoms with van der Waals surface area (Å²) in [7, 11) is 0. The van der Waals surface area contributed by atoms with Crippen LogP contribution >= 0.6 is 23.1 Å². The third-order valence-corrected chi connectivity index (χ3v) is 4.35. The minimum absolute atomic E-state index is 0.145. The molecule has 1 nitrogen and oxygen atoms in total. The Balaban J connectivity index is 2.74. The van der Waals surface area contributed by atoms with Crippen LogP contribution in [0.4, 0.5) is 0 Å². The van der Waals surface area contributed by atoms with Crippen LogP contribution in [0.5, 0.6) is 0 Å². The maximum absolute atomic E-state index is 9.10. The molecule has 2 aromatic rings. The maximum atomic E-state index is 9.10. The van der Waals surface area contributed by atoms with Gasteiger partial charge in [0.2, 0.25) is 0 Å². The van der Waals surface area contributed by atoms with E-state index in [2.05, 4.69) is 31.4 Å². The van der Waals surface area contributed by atoms with Crippen molar-refractivity contribution >= 4 is 33.2 Å². The fraction of sp³-hybridized carbons (Fsp3) is 0.273. The van der Waals surface area contributed by atoms with Gasteiger partial charge in [-0.15, -0.1) is 23.1 Å². The number of aliphatic hydroxyl groups is 1. The molecule has 1 aromatic heterocycles. The lowest BCUT2D eigenvalue weighted by Crippen LogP contribution is -1.75. The van der Waals surface area contributed by atoms with Crippen molar-refractivity contribution in [2.24, 2.45) is 0 Å². The molecule has 0 saturated carbocycles. The van der Waals surface area contributed by atoms with Crippen molar-refractivity contribution in [3.63, 3.8) is 0 Å². The SMILES string of the molecule is CSc1ccc(C)c2cc(CO)sc12. The largest absolute Gasteiger partial charge is 0.391 e. The van der Waals surface area contributed by atoms with E-state index in [4.69, 9.17) is 5.11 Å². The Morgan fingerprint density at radius 2 is 2.21 bits per heavy atom. The first-order valence-corrected chi connectivity index (χ1v) is 6.47. The average molecular weight is 224 g/mol. The van der Waals surface area contributed by atoms with Crippen molar-refractivity contribution in [2.45, 2.75) is 18.4 Å². The third-order valence-electron chi connectivity index (χ3n) is 2.29. The summed E-state index contributed by atoms with van der Waals surface area (Å²) in [5.41, 5.74) is 1.29. The number of thiophene rings is 1. The Kier molecular flexibility index (Phi) is 2.81. The fourth-order valence-electron chi connectivity index (χ4n) is 1.52. The number of fused-ring (bicyclic) bond motifs is 1. The molecule has 0 radical (unpaired) electrons. The van der Waals surface area contributed by atoms with Gasteiger partial charge in [-0.1, -0.05) is 6.07 Å². The molecule has 0 aliphatic heterocycles. The molecule has 0 spiro atoms. The first-order valence-electron chi connectivity index (χ1n) is 4.43. The van der Waals surface area contributed by atoms with E-state index in [0.29, 0.717) is 0 Å². The summed E-state index contributed by atoms with van der Waals surface area (Å²) in [5.74, 6) is 0. The number of aryl methyl sites for hydroxylation is 1. The summed E-state index contributed by atoms with van der Waals surface area (Å²) >= 11 is 3.45. The second kappa shape index (κ2) is 3.93. The fourth-order valence-corrected chi connectivity index (χ4v) is 3.40. The number of thioether (sulfide) groups is 1. The molecule has 0 aliphatic carbocycles. The van der Waals surface area contributed by atoms with E-state index in [9.17, 15) is 0 Å². The number of benzene rings is 1. The molecule has 0 bridgehead atoms. The van der Waals surface area contributed by atoms with Gasteiger partial charge in [-0.2, -0.15) is 0 Å². The van der Waals surface area contributed by atoms with Crippen molar-refractivity contribution in [3.8, 4) is 0 Å². The summed E-state index contributed by atoms with van der Waals surface area (Å²) in [6, 6.07) is 6.39. The second-order valence-electron chi connectivity index (χ2n) is 3.20. The lowest BCUT2D eigenvalue weighted by atomic mass is 10.1. The summed E-state index contributed by atoms with van der Waals surface area (Å²) in [5, 5.41) is 10.4. The molecule has 74 valence electrons. The summed E-state index contributed by atoms with van der Waals surface area (Å²) in [6.07, 6.45) is 2.09. The molecule has 0 saturated heterocycles. The minimum Gasteiger partial charge on any atom is -0.391 e. The topological polar surface area (TPSA) is 20.2 Å². The first kappa shape index (κ1) is 10.0. The van der Waals surface area contributed by atoms with Crippen molar-refractivity contribution in [3.05, 3.63) is 28.6 Å². The van der Waals surface area contributed by atoms with E-state index >= 15 is 0 Å². The lowest BCUT2D eigenvalue weighted by Gasteiger charge is -2.00. The molecule has 14 heavy (non-hydrogen) atoms. The quantitative estimate of drug-likeness (QED) is 0.789. The van der Waals surface area contributed by atoms with Crippen LogP contribution < -0.4 is 0 Å². The van der Waals surface area contributed by atoms with E-state index < -0.39 is 0 Å². The van der Waals surface area contributed by atoms with Crippen LogP contribution in [0.3, 0.4) is 0 Å². The molecule has 0 fully saturated rings. The Labute approximate surface area is 91.8 Å². The smallest absolute Gasteiger partial charge is 0.0774 e. The van der Waals surface area contributed by atoms with Crippen LogP contribution in [-0.2, 0) is 6.61 Å². The Morgan fingerprint density at radius 1 is 1.43 bits per heavy atom. The highest BCUT2D eigenvalue weighted by molar-refractivity contribution is 7.99. The van der Waals surface area contributed by atoms with E-state index in [1.54, 1.807) is 23.1 Å². The number of hydrogen-bond donors (Lipinski definition) is 1. The summed E-state index contributed by atoms with van der Waals surface area (Å²) in [4.78, 5) is 2.35. The predicted octanol–water partition coefficient (Wildman–Crippen LogP) is 3.42. The van der Waals surface area contributed by atoms with E-state index in [1.165, 1.54) is 20.5 Å². The molecular formula is C11H12OS2. The molecule has 2 rings (SSSR count). The highest BCUT2D eigenvalue weighted by Gasteiger charge is 2.07. The van der Waals surface area contributed by atoms with Gasteiger partial charge < -0.3 is 5.11 Å². The standard InChI is InChI=1S/C11H12OS2/c1-7-3-4-10(13-2)11-9(7)5-8(6-12)14-11/h3-5,12H,6H2,1-2H3. The molecular weight excluding hydrogens is 212 g/mol. The van der Waals surface area contributed by atoms with Gasteiger partial charge in [-0.05, 0) is 36.3 Å². The molecule has 0 aliphatic rings. The normalized spacial score (nSPS) is 11.1. The Morgan fingerprint density at radius 3 is 2.86 bits per heavy atom. The molecule has 0 atom stereocenters. The van der Waals surface area contributed by atoms with Gasteiger partial charge >= 0.3 is 0 Å². The van der Waals surface area contributed by atoms with E-state index in [0.717, 1.165) is 4.88 Å². The zero-order valence-corrected chi connectivity index (χ0v) is 9.84. The van der Waals surface area contributed by atoms with Crippen LogP contribution in [0.1, 0.15) is 10.4 Å². The summed E-state index contributed by atoms with van der Waals surface area (Å²) in [6.45, 7) is 2.26. The van der Waals surface area contributed by atoms with Gasteiger partial charge in [-0.25, -0.2) is 0 Å². The predicted molar refractivity (Wildman–Crippen MR) is 64.3 cm³/mol. The maximum Gasteiger partial charge on any atom is 0.0774 e. The Hall–Kier alpha value is -0.510. The Bertz CT molecular complexity index is 460.